The molecule has 1 heterocycles. The summed E-state index contributed by atoms with van der Waals surface area (Å²) in [4.78, 5) is 17.0. The fourth-order valence-corrected chi connectivity index (χ4v) is 3.13. The molecule has 0 radical (unpaired) electrons. The minimum Gasteiger partial charge on any atom is -0.488 e. The number of ether oxygens (including phenoxy) is 2. The Morgan fingerprint density at radius 1 is 1.00 bits per heavy atom. The topological polar surface area (TPSA) is 86.5 Å². The van der Waals surface area contributed by atoms with Crippen molar-refractivity contribution in [2.45, 2.75) is 19.6 Å². The Labute approximate surface area is 190 Å². The highest BCUT2D eigenvalue weighted by atomic mass is 19.1. The zero-order chi connectivity index (χ0) is 23.0. The Morgan fingerprint density at radius 3 is 2.42 bits per heavy atom. The third kappa shape index (κ3) is 5.94. The lowest BCUT2D eigenvalue weighted by Crippen LogP contribution is -2.32. The highest BCUT2D eigenvalue weighted by Crippen LogP contribution is 2.20. The van der Waals surface area contributed by atoms with Crippen molar-refractivity contribution in [3.63, 3.8) is 0 Å². The molecule has 1 atom stereocenters. The van der Waals surface area contributed by atoms with Gasteiger partial charge in [-0.3, -0.25) is 4.79 Å². The number of para-hydroxylation sites is 1. The normalized spacial score (nSPS) is 11.6. The zero-order valence-corrected chi connectivity index (χ0v) is 17.9. The van der Waals surface area contributed by atoms with E-state index >= 15 is 0 Å². The Kier molecular flexibility index (Phi) is 6.94. The highest BCUT2D eigenvalue weighted by Gasteiger charge is 2.18. The monoisotopic (exact) mass is 447 g/mol. The third-order valence-corrected chi connectivity index (χ3v) is 4.80. The quantitative estimate of drug-likeness (QED) is 0.402. The number of carbonyl (C=O) groups excluding carboxylic acids is 1. The molecular weight excluding hydrogens is 425 g/mol. The van der Waals surface area contributed by atoms with Gasteiger partial charge >= 0.3 is 0 Å². The highest BCUT2D eigenvalue weighted by molar-refractivity contribution is 5.94. The molecule has 1 unspecified atom stereocenters. The van der Waals surface area contributed by atoms with Crippen molar-refractivity contribution in [3.8, 4) is 11.5 Å². The summed E-state index contributed by atoms with van der Waals surface area (Å²) in [5, 5.41) is 6.73. The lowest BCUT2D eigenvalue weighted by Gasteiger charge is -2.20. The number of carbonyl (C=O) groups is 1. The summed E-state index contributed by atoms with van der Waals surface area (Å²) in [6.45, 7) is 1.93. The van der Waals surface area contributed by atoms with Crippen LogP contribution in [0.1, 0.15) is 33.7 Å². The van der Waals surface area contributed by atoms with Gasteiger partial charge in [0.1, 0.15) is 12.4 Å². The first-order chi connectivity index (χ1) is 16.1. The van der Waals surface area contributed by atoms with Gasteiger partial charge in [-0.25, -0.2) is 4.39 Å². The lowest BCUT2D eigenvalue weighted by atomic mass is 10.1. The van der Waals surface area contributed by atoms with Gasteiger partial charge in [-0.05, 0) is 42.0 Å². The van der Waals surface area contributed by atoms with Gasteiger partial charge in [0.15, 0.2) is 18.2 Å². The van der Waals surface area contributed by atoms with E-state index in [9.17, 15) is 9.18 Å². The van der Waals surface area contributed by atoms with Crippen LogP contribution >= 0.6 is 0 Å². The molecule has 33 heavy (non-hydrogen) atoms. The molecule has 0 saturated carbocycles. The summed E-state index contributed by atoms with van der Waals surface area (Å²) in [6, 6.07) is 21.8. The molecule has 0 aliphatic rings. The lowest BCUT2D eigenvalue weighted by molar-refractivity contribution is 0.0920. The van der Waals surface area contributed by atoms with Crippen molar-refractivity contribution in [2.24, 2.45) is 0 Å². The predicted molar refractivity (Wildman–Crippen MR) is 118 cm³/mol. The molecule has 3 aromatic carbocycles. The van der Waals surface area contributed by atoms with Gasteiger partial charge in [0, 0.05) is 12.5 Å². The van der Waals surface area contributed by atoms with Crippen molar-refractivity contribution in [1.82, 2.24) is 15.5 Å². The first-order valence-corrected chi connectivity index (χ1v) is 10.3. The number of aromatic nitrogens is 2. The summed E-state index contributed by atoms with van der Waals surface area (Å²) < 4.78 is 30.1. The van der Waals surface area contributed by atoms with Crippen molar-refractivity contribution < 1.29 is 23.2 Å². The molecule has 1 aromatic heterocycles. The van der Waals surface area contributed by atoms with Crippen LogP contribution in [-0.2, 0) is 6.61 Å². The molecular formula is C25H22FN3O4. The largest absolute Gasteiger partial charge is 0.488 e. The van der Waals surface area contributed by atoms with Gasteiger partial charge in [-0.15, -0.1) is 0 Å². The molecule has 4 rings (SSSR count). The van der Waals surface area contributed by atoms with Crippen LogP contribution in [0.4, 0.5) is 4.39 Å². The summed E-state index contributed by atoms with van der Waals surface area (Å²) in [5.41, 5.74) is 1.29. The van der Waals surface area contributed by atoms with E-state index in [1.54, 1.807) is 49.4 Å². The molecule has 0 saturated heterocycles. The number of rotatable bonds is 9. The molecule has 0 aliphatic heterocycles. The standard InChI is InChI=1S/C25H22FN3O4/c1-17-27-24(29-33-17)16-31-20-13-11-19(12-14-20)25(30)28-22(18-7-3-2-4-8-18)15-32-23-10-6-5-9-21(23)26/h2-14,22H,15-16H2,1H3,(H,28,30). The van der Waals surface area contributed by atoms with Crippen LogP contribution in [0.25, 0.3) is 0 Å². The van der Waals surface area contributed by atoms with Crippen LogP contribution in [0.3, 0.4) is 0 Å². The summed E-state index contributed by atoms with van der Waals surface area (Å²) >= 11 is 0. The van der Waals surface area contributed by atoms with Gasteiger partial charge in [-0.2, -0.15) is 4.98 Å². The van der Waals surface area contributed by atoms with Gasteiger partial charge in [-0.1, -0.05) is 47.6 Å². The molecule has 0 aliphatic carbocycles. The third-order valence-electron chi connectivity index (χ3n) is 4.80. The maximum absolute atomic E-state index is 13.9. The SMILES string of the molecule is Cc1nc(COc2ccc(C(=O)NC(COc3ccccc3F)c3ccccc3)cc2)no1. The Bertz CT molecular complexity index is 1200. The summed E-state index contributed by atoms with van der Waals surface area (Å²) in [6.07, 6.45) is 0. The molecule has 0 spiro atoms. The van der Waals surface area contributed by atoms with Crippen LogP contribution in [0.5, 0.6) is 11.5 Å². The van der Waals surface area contributed by atoms with Crippen molar-refractivity contribution in [2.75, 3.05) is 6.61 Å². The van der Waals surface area contributed by atoms with Gasteiger partial charge < -0.3 is 19.3 Å². The number of nitrogens with zero attached hydrogens (tertiary/aromatic N) is 2. The van der Waals surface area contributed by atoms with Crippen LogP contribution in [0.2, 0.25) is 0 Å². The fraction of sp³-hybridized carbons (Fsp3) is 0.160. The molecule has 168 valence electrons. The van der Waals surface area contributed by atoms with Crippen molar-refractivity contribution in [1.29, 1.82) is 0 Å². The van der Waals surface area contributed by atoms with E-state index in [1.807, 2.05) is 30.3 Å². The second-order valence-electron chi connectivity index (χ2n) is 7.22. The molecule has 0 bridgehead atoms. The number of halogens is 1. The second-order valence-corrected chi connectivity index (χ2v) is 7.22. The van der Waals surface area contributed by atoms with Crippen molar-refractivity contribution in [3.05, 3.63) is 108 Å². The molecule has 1 N–H and O–H groups in total. The number of benzene rings is 3. The van der Waals surface area contributed by atoms with Gasteiger partial charge in [0.05, 0.1) is 6.04 Å². The molecule has 1 amide bonds. The van der Waals surface area contributed by atoms with Crippen molar-refractivity contribution >= 4 is 5.91 Å². The minimum atomic E-state index is -0.476. The number of hydrogen-bond acceptors (Lipinski definition) is 6. The molecule has 8 heteroatoms. The number of amides is 1. The average Bonchev–Trinajstić information content (AvgIpc) is 3.27. The maximum Gasteiger partial charge on any atom is 0.251 e. The molecule has 4 aromatic rings. The predicted octanol–water partition coefficient (Wildman–Crippen LogP) is 4.65. The smallest absolute Gasteiger partial charge is 0.251 e. The second kappa shape index (κ2) is 10.4. The molecule has 7 nitrogen and oxygen atoms in total. The zero-order valence-electron chi connectivity index (χ0n) is 17.9. The summed E-state index contributed by atoms with van der Waals surface area (Å²) in [5.74, 6) is 0.855. The van der Waals surface area contributed by atoms with Crippen LogP contribution in [0.15, 0.2) is 83.4 Å². The minimum absolute atomic E-state index is 0.0714. The Hall–Kier alpha value is -4.20. The van der Waals surface area contributed by atoms with E-state index in [4.69, 9.17) is 14.0 Å². The average molecular weight is 447 g/mol. The van der Waals surface area contributed by atoms with E-state index in [2.05, 4.69) is 15.5 Å². The first-order valence-electron chi connectivity index (χ1n) is 10.3. The Morgan fingerprint density at radius 2 is 1.73 bits per heavy atom. The van der Waals surface area contributed by atoms with E-state index < -0.39 is 11.9 Å². The van der Waals surface area contributed by atoms with Crippen LogP contribution < -0.4 is 14.8 Å². The Balaban J connectivity index is 1.41. The van der Waals surface area contributed by atoms with E-state index in [-0.39, 0.29) is 24.9 Å². The van der Waals surface area contributed by atoms with Crippen LogP contribution in [-0.4, -0.2) is 22.7 Å². The summed E-state index contributed by atoms with van der Waals surface area (Å²) in [7, 11) is 0. The van der Waals surface area contributed by atoms with Crippen LogP contribution in [0, 0.1) is 12.7 Å². The molecule has 0 fully saturated rings. The van der Waals surface area contributed by atoms with Gasteiger partial charge in [0.25, 0.3) is 5.91 Å². The maximum atomic E-state index is 13.9. The number of hydrogen-bond donors (Lipinski definition) is 1. The number of nitrogens with one attached hydrogen (secondary N) is 1. The fourth-order valence-electron chi connectivity index (χ4n) is 3.13. The first kappa shape index (κ1) is 22.0. The van der Waals surface area contributed by atoms with Gasteiger partial charge in [0.2, 0.25) is 11.7 Å². The van der Waals surface area contributed by atoms with E-state index in [0.717, 1.165) is 5.56 Å². The number of aryl methyl sites for hydroxylation is 1. The van der Waals surface area contributed by atoms with E-state index in [1.165, 1.54) is 6.07 Å². The van der Waals surface area contributed by atoms with E-state index in [0.29, 0.717) is 23.0 Å².